The standard InChI is InChI=1S/C38H37Cl2N7O4/c1-24-20-32(47-18-4-3-5-19-47)28-10-7-11-33(36(28)43-24)51-23-29-30(39)12-13-31(35(29)40)46(2)34(48)22-42-38(50)45-27-9-6-8-25(21-27)37(49)44-26-14-16-41-17-15-26/h6-17,20-21H,3-5,18-19,22-23H2,1-2H3,(H,41,44,49)(H2,42,45,50). The van der Waals surface area contributed by atoms with Gasteiger partial charge in [-0.2, -0.15) is 0 Å². The molecule has 51 heavy (non-hydrogen) atoms. The van der Waals surface area contributed by atoms with E-state index >= 15 is 0 Å². The summed E-state index contributed by atoms with van der Waals surface area (Å²) >= 11 is 13.4. The van der Waals surface area contributed by atoms with Gasteiger partial charge in [0.05, 0.1) is 17.3 Å². The van der Waals surface area contributed by atoms with Crippen molar-refractivity contribution >= 4 is 74.7 Å². The zero-order valence-corrected chi connectivity index (χ0v) is 29.7. The average Bonchev–Trinajstić information content (AvgIpc) is 3.14. The predicted octanol–water partition coefficient (Wildman–Crippen LogP) is 7.85. The molecule has 1 aliphatic heterocycles. The molecule has 0 radical (unpaired) electrons. The van der Waals surface area contributed by atoms with E-state index in [1.807, 2.05) is 19.1 Å². The van der Waals surface area contributed by atoms with E-state index in [-0.39, 0.29) is 24.1 Å². The highest BCUT2D eigenvalue weighted by molar-refractivity contribution is 6.38. The number of nitrogens with one attached hydrogen (secondary N) is 3. The van der Waals surface area contributed by atoms with E-state index in [0.717, 1.165) is 48.2 Å². The molecule has 0 spiro atoms. The molecule has 0 aliphatic carbocycles. The zero-order chi connectivity index (χ0) is 35.9. The number of anilines is 4. The molecule has 6 rings (SSSR count). The normalized spacial score (nSPS) is 12.7. The number of rotatable bonds is 10. The summed E-state index contributed by atoms with van der Waals surface area (Å²) in [4.78, 5) is 51.0. The number of amides is 4. The van der Waals surface area contributed by atoms with Crippen molar-refractivity contribution < 1.29 is 19.1 Å². The molecule has 4 amide bonds. The van der Waals surface area contributed by atoms with Gasteiger partial charge < -0.3 is 30.5 Å². The molecule has 5 aromatic rings. The number of fused-ring (bicyclic) bond motifs is 1. The van der Waals surface area contributed by atoms with E-state index in [1.165, 1.54) is 17.4 Å². The Morgan fingerprint density at radius 1 is 0.902 bits per heavy atom. The number of para-hydroxylation sites is 1. The van der Waals surface area contributed by atoms with Gasteiger partial charge in [-0.05, 0) is 80.8 Å². The first-order chi connectivity index (χ1) is 24.7. The number of ether oxygens (including phenoxy) is 1. The van der Waals surface area contributed by atoms with E-state index in [2.05, 4.69) is 38.0 Å². The Morgan fingerprint density at radius 3 is 2.45 bits per heavy atom. The molecule has 1 saturated heterocycles. The van der Waals surface area contributed by atoms with Crippen LogP contribution in [-0.4, -0.2) is 54.5 Å². The fraction of sp³-hybridized carbons (Fsp3) is 0.237. The number of pyridine rings is 2. The number of nitrogens with zero attached hydrogens (tertiary/aromatic N) is 4. The Hall–Kier alpha value is -5.39. The van der Waals surface area contributed by atoms with Crippen molar-refractivity contribution in [1.29, 1.82) is 0 Å². The number of hydrogen-bond acceptors (Lipinski definition) is 7. The second-order valence-corrected chi connectivity index (χ2v) is 12.9. The summed E-state index contributed by atoms with van der Waals surface area (Å²) < 4.78 is 6.30. The molecule has 3 heterocycles. The minimum atomic E-state index is -0.623. The van der Waals surface area contributed by atoms with E-state index in [1.54, 1.807) is 61.9 Å². The Morgan fingerprint density at radius 2 is 1.67 bits per heavy atom. The maximum atomic E-state index is 13.2. The van der Waals surface area contributed by atoms with Crippen LogP contribution in [0.2, 0.25) is 10.0 Å². The number of aryl methyl sites for hydroxylation is 1. The lowest BCUT2D eigenvalue weighted by molar-refractivity contribution is -0.117. The summed E-state index contributed by atoms with van der Waals surface area (Å²) in [6, 6.07) is 20.5. The van der Waals surface area contributed by atoms with Crippen LogP contribution in [-0.2, 0) is 11.4 Å². The van der Waals surface area contributed by atoms with Crippen molar-refractivity contribution in [1.82, 2.24) is 15.3 Å². The van der Waals surface area contributed by atoms with Crippen molar-refractivity contribution in [3.05, 3.63) is 112 Å². The van der Waals surface area contributed by atoms with Crippen molar-refractivity contribution in [2.24, 2.45) is 0 Å². The third kappa shape index (κ3) is 8.50. The molecule has 1 fully saturated rings. The van der Waals surface area contributed by atoms with E-state index < -0.39 is 11.9 Å². The summed E-state index contributed by atoms with van der Waals surface area (Å²) in [7, 11) is 1.56. The number of aromatic nitrogens is 2. The second-order valence-electron chi connectivity index (χ2n) is 12.2. The van der Waals surface area contributed by atoms with Crippen molar-refractivity contribution in [3.8, 4) is 5.75 Å². The highest BCUT2D eigenvalue weighted by Crippen LogP contribution is 2.37. The Bertz CT molecular complexity index is 2070. The molecular weight excluding hydrogens is 689 g/mol. The number of likely N-dealkylation sites (N-methyl/N-ethyl adjacent to an activating group) is 1. The van der Waals surface area contributed by atoms with Crippen molar-refractivity contribution in [3.63, 3.8) is 0 Å². The maximum absolute atomic E-state index is 13.2. The molecule has 0 bridgehead atoms. The lowest BCUT2D eigenvalue weighted by Crippen LogP contribution is -2.40. The summed E-state index contributed by atoms with van der Waals surface area (Å²) in [5.74, 6) is -0.171. The fourth-order valence-electron chi connectivity index (χ4n) is 5.93. The van der Waals surface area contributed by atoms with E-state index in [4.69, 9.17) is 32.9 Å². The number of halogens is 2. The fourth-order valence-corrected chi connectivity index (χ4v) is 6.54. The molecule has 1 aliphatic rings. The molecule has 2 aromatic heterocycles. The van der Waals surface area contributed by atoms with Crippen LogP contribution >= 0.6 is 23.2 Å². The van der Waals surface area contributed by atoms with E-state index in [9.17, 15) is 14.4 Å². The molecule has 3 N–H and O–H groups in total. The van der Waals surface area contributed by atoms with Crippen LogP contribution in [0.5, 0.6) is 5.75 Å². The third-order valence-corrected chi connectivity index (χ3v) is 9.38. The van der Waals surface area contributed by atoms with Crippen LogP contribution in [0.1, 0.15) is 40.9 Å². The number of urea groups is 1. The lowest BCUT2D eigenvalue weighted by atomic mass is 10.1. The highest BCUT2D eigenvalue weighted by Gasteiger charge is 2.21. The molecule has 11 nitrogen and oxygen atoms in total. The Balaban J connectivity index is 1.09. The minimum Gasteiger partial charge on any atom is -0.487 e. The number of benzene rings is 3. The Kier molecular flexibility index (Phi) is 11.2. The first-order valence-corrected chi connectivity index (χ1v) is 17.3. The van der Waals surface area contributed by atoms with Gasteiger partial charge in [0, 0.05) is 76.8 Å². The summed E-state index contributed by atoms with van der Waals surface area (Å²) in [5.41, 5.74) is 5.03. The van der Waals surface area contributed by atoms with Gasteiger partial charge >= 0.3 is 6.03 Å². The Labute approximate surface area is 305 Å². The summed E-state index contributed by atoms with van der Waals surface area (Å²) in [6.45, 7) is 3.72. The van der Waals surface area contributed by atoms with Gasteiger partial charge in [-0.25, -0.2) is 9.78 Å². The summed E-state index contributed by atoms with van der Waals surface area (Å²) in [6.07, 6.45) is 6.71. The van der Waals surface area contributed by atoms with Gasteiger partial charge in [-0.1, -0.05) is 41.4 Å². The average molecular weight is 727 g/mol. The van der Waals surface area contributed by atoms with Gasteiger partial charge in [-0.15, -0.1) is 0 Å². The van der Waals surface area contributed by atoms with Gasteiger partial charge in [0.25, 0.3) is 5.91 Å². The molecular formula is C38H37Cl2N7O4. The van der Waals surface area contributed by atoms with Crippen LogP contribution in [0.15, 0.2) is 85.2 Å². The maximum Gasteiger partial charge on any atom is 0.319 e. The number of hydrogen-bond donors (Lipinski definition) is 3. The van der Waals surface area contributed by atoms with Crippen LogP contribution < -0.4 is 30.5 Å². The molecule has 0 atom stereocenters. The van der Waals surface area contributed by atoms with Crippen molar-refractivity contribution in [2.75, 3.05) is 47.1 Å². The zero-order valence-electron chi connectivity index (χ0n) is 28.2. The van der Waals surface area contributed by atoms with Gasteiger partial charge in [0.2, 0.25) is 5.91 Å². The molecule has 0 saturated carbocycles. The smallest absolute Gasteiger partial charge is 0.319 e. The topological polar surface area (TPSA) is 129 Å². The number of piperidine rings is 1. The van der Waals surface area contributed by atoms with Crippen LogP contribution in [0.4, 0.5) is 27.5 Å². The quantitative estimate of drug-likeness (QED) is 0.134. The molecule has 13 heteroatoms. The van der Waals surface area contributed by atoms with Gasteiger partial charge in [-0.3, -0.25) is 14.6 Å². The third-order valence-electron chi connectivity index (χ3n) is 8.60. The number of carbonyl (C=O) groups is 3. The van der Waals surface area contributed by atoms with E-state index in [0.29, 0.717) is 39.0 Å². The van der Waals surface area contributed by atoms with Crippen LogP contribution in [0.3, 0.4) is 0 Å². The van der Waals surface area contributed by atoms with Crippen LogP contribution in [0.25, 0.3) is 10.9 Å². The first-order valence-electron chi connectivity index (χ1n) is 16.6. The minimum absolute atomic E-state index is 0.0433. The summed E-state index contributed by atoms with van der Waals surface area (Å²) in [5, 5.41) is 9.64. The molecule has 262 valence electrons. The first kappa shape index (κ1) is 35.4. The molecule has 3 aromatic carbocycles. The van der Waals surface area contributed by atoms with Crippen molar-refractivity contribution in [2.45, 2.75) is 32.8 Å². The highest BCUT2D eigenvalue weighted by atomic mass is 35.5. The SMILES string of the molecule is Cc1cc(N2CCCCC2)c2cccc(OCc3c(Cl)ccc(N(C)C(=O)CNC(=O)Nc4cccc(C(=O)Nc5ccncc5)c4)c3Cl)c2n1. The van der Waals surface area contributed by atoms with Crippen LogP contribution in [0, 0.1) is 6.92 Å². The second kappa shape index (κ2) is 16.1. The molecule has 0 unspecified atom stereocenters. The van der Waals surface area contributed by atoms with Gasteiger partial charge in [0.15, 0.2) is 0 Å². The van der Waals surface area contributed by atoms with Gasteiger partial charge in [0.1, 0.15) is 17.9 Å². The predicted molar refractivity (Wildman–Crippen MR) is 202 cm³/mol. The largest absolute Gasteiger partial charge is 0.487 e. The lowest BCUT2D eigenvalue weighted by Gasteiger charge is -2.30. The number of carbonyl (C=O) groups excluding carboxylic acids is 3. The monoisotopic (exact) mass is 725 g/mol.